The predicted octanol–water partition coefficient (Wildman–Crippen LogP) is 3.05. The van der Waals surface area contributed by atoms with Gasteiger partial charge in [0, 0.05) is 25.9 Å². The van der Waals surface area contributed by atoms with E-state index >= 15 is 0 Å². The molecule has 0 spiro atoms. The number of nitrogens with one attached hydrogen (secondary N) is 1. The van der Waals surface area contributed by atoms with Crippen molar-refractivity contribution in [3.63, 3.8) is 0 Å². The summed E-state index contributed by atoms with van der Waals surface area (Å²) >= 11 is 0. The maximum atomic E-state index is 13.2. The standard InChI is InChI=1S/C15H16FN3O/c1-3-20-15-7-12(16)4-5-14(15)18-9-11-6-13(8-17)19(2)10-11/h4-7,10,18H,3,9H2,1-2H3. The van der Waals surface area contributed by atoms with Gasteiger partial charge < -0.3 is 14.6 Å². The number of hydrogen-bond acceptors (Lipinski definition) is 3. The molecule has 0 saturated carbocycles. The van der Waals surface area contributed by atoms with E-state index in [0.717, 1.165) is 11.3 Å². The molecular formula is C15H16FN3O. The third-order valence-corrected chi connectivity index (χ3v) is 2.90. The molecule has 0 saturated heterocycles. The number of nitriles is 1. The van der Waals surface area contributed by atoms with Gasteiger partial charge in [-0.25, -0.2) is 4.39 Å². The Hall–Kier alpha value is -2.48. The van der Waals surface area contributed by atoms with E-state index in [2.05, 4.69) is 11.4 Å². The number of halogens is 1. The fourth-order valence-corrected chi connectivity index (χ4v) is 1.96. The third-order valence-electron chi connectivity index (χ3n) is 2.90. The van der Waals surface area contributed by atoms with Gasteiger partial charge in [-0.2, -0.15) is 5.26 Å². The lowest BCUT2D eigenvalue weighted by Gasteiger charge is -2.11. The lowest BCUT2D eigenvalue weighted by atomic mass is 10.2. The van der Waals surface area contributed by atoms with Crippen molar-refractivity contribution in [3.05, 3.63) is 47.5 Å². The summed E-state index contributed by atoms with van der Waals surface area (Å²) in [6.07, 6.45) is 1.88. The molecule has 0 unspecified atom stereocenters. The number of aryl methyl sites for hydroxylation is 1. The summed E-state index contributed by atoms with van der Waals surface area (Å²) in [7, 11) is 1.82. The van der Waals surface area contributed by atoms with Gasteiger partial charge in [-0.3, -0.25) is 0 Å². The van der Waals surface area contributed by atoms with Crippen LogP contribution in [0.15, 0.2) is 30.5 Å². The van der Waals surface area contributed by atoms with Crippen LogP contribution in [-0.4, -0.2) is 11.2 Å². The van der Waals surface area contributed by atoms with Gasteiger partial charge in [-0.05, 0) is 30.7 Å². The van der Waals surface area contributed by atoms with Crippen molar-refractivity contribution in [2.75, 3.05) is 11.9 Å². The van der Waals surface area contributed by atoms with Crippen LogP contribution in [0.3, 0.4) is 0 Å². The van der Waals surface area contributed by atoms with E-state index in [4.69, 9.17) is 10.00 Å². The largest absolute Gasteiger partial charge is 0.492 e. The molecular weight excluding hydrogens is 257 g/mol. The maximum Gasteiger partial charge on any atom is 0.145 e. The highest BCUT2D eigenvalue weighted by Gasteiger charge is 2.07. The van der Waals surface area contributed by atoms with Crippen LogP contribution in [0, 0.1) is 17.1 Å². The zero-order valence-electron chi connectivity index (χ0n) is 11.5. The van der Waals surface area contributed by atoms with Gasteiger partial charge >= 0.3 is 0 Å². The molecule has 0 aliphatic carbocycles. The molecule has 4 nitrogen and oxygen atoms in total. The third kappa shape index (κ3) is 3.09. The Morgan fingerprint density at radius 3 is 2.85 bits per heavy atom. The predicted molar refractivity (Wildman–Crippen MR) is 75.0 cm³/mol. The molecule has 1 heterocycles. The van der Waals surface area contributed by atoms with E-state index in [9.17, 15) is 4.39 Å². The summed E-state index contributed by atoms with van der Waals surface area (Å²) in [4.78, 5) is 0. The minimum Gasteiger partial charge on any atom is -0.492 e. The van der Waals surface area contributed by atoms with Crippen molar-refractivity contribution in [2.24, 2.45) is 7.05 Å². The fraction of sp³-hybridized carbons (Fsp3) is 0.267. The Bertz CT molecular complexity index is 643. The number of anilines is 1. The number of rotatable bonds is 5. The molecule has 5 heteroatoms. The van der Waals surface area contributed by atoms with Crippen molar-refractivity contribution in [1.29, 1.82) is 5.26 Å². The number of benzene rings is 1. The monoisotopic (exact) mass is 273 g/mol. The normalized spacial score (nSPS) is 10.1. The first kappa shape index (κ1) is 13.9. The first-order valence-corrected chi connectivity index (χ1v) is 6.35. The average molecular weight is 273 g/mol. The van der Waals surface area contributed by atoms with Gasteiger partial charge in [-0.15, -0.1) is 0 Å². The lowest BCUT2D eigenvalue weighted by molar-refractivity contribution is 0.340. The molecule has 0 aliphatic rings. The van der Waals surface area contributed by atoms with Crippen LogP contribution in [0.25, 0.3) is 0 Å². The molecule has 0 bridgehead atoms. The number of aromatic nitrogens is 1. The van der Waals surface area contributed by atoms with E-state index in [0.29, 0.717) is 24.6 Å². The summed E-state index contributed by atoms with van der Waals surface area (Å²) in [6, 6.07) is 8.32. The molecule has 1 aromatic carbocycles. The molecule has 2 rings (SSSR count). The molecule has 1 aromatic heterocycles. The summed E-state index contributed by atoms with van der Waals surface area (Å²) in [6.45, 7) is 2.87. The second-order valence-corrected chi connectivity index (χ2v) is 4.38. The summed E-state index contributed by atoms with van der Waals surface area (Å²) < 4.78 is 20.4. The minimum absolute atomic E-state index is 0.328. The SMILES string of the molecule is CCOc1cc(F)ccc1NCc1cc(C#N)n(C)c1. The van der Waals surface area contributed by atoms with Crippen LogP contribution in [-0.2, 0) is 13.6 Å². The van der Waals surface area contributed by atoms with Crippen molar-refractivity contribution in [1.82, 2.24) is 4.57 Å². The summed E-state index contributed by atoms with van der Waals surface area (Å²) in [5.41, 5.74) is 2.32. The minimum atomic E-state index is -0.328. The highest BCUT2D eigenvalue weighted by Crippen LogP contribution is 2.26. The first-order chi connectivity index (χ1) is 9.63. The quantitative estimate of drug-likeness (QED) is 0.911. The van der Waals surface area contributed by atoms with Crippen molar-refractivity contribution < 1.29 is 9.13 Å². The van der Waals surface area contributed by atoms with Crippen molar-refractivity contribution in [2.45, 2.75) is 13.5 Å². The topological polar surface area (TPSA) is 50.0 Å². The van der Waals surface area contributed by atoms with Gasteiger partial charge in [0.25, 0.3) is 0 Å². The highest BCUT2D eigenvalue weighted by atomic mass is 19.1. The van der Waals surface area contributed by atoms with Gasteiger partial charge in [-0.1, -0.05) is 0 Å². The second kappa shape index (κ2) is 6.11. The van der Waals surface area contributed by atoms with Crippen molar-refractivity contribution in [3.8, 4) is 11.8 Å². The van der Waals surface area contributed by atoms with Crippen molar-refractivity contribution >= 4 is 5.69 Å². The number of hydrogen-bond donors (Lipinski definition) is 1. The molecule has 0 aliphatic heterocycles. The van der Waals surface area contributed by atoms with E-state index in [1.165, 1.54) is 12.1 Å². The number of ether oxygens (including phenoxy) is 1. The molecule has 0 fully saturated rings. The van der Waals surface area contributed by atoms with Gasteiger partial charge in [0.05, 0.1) is 12.3 Å². The molecule has 2 aromatic rings. The molecule has 20 heavy (non-hydrogen) atoms. The Kier molecular flexibility index (Phi) is 4.26. The Morgan fingerprint density at radius 1 is 1.40 bits per heavy atom. The molecule has 0 amide bonds. The van der Waals surface area contributed by atoms with E-state index in [-0.39, 0.29) is 5.82 Å². The zero-order chi connectivity index (χ0) is 14.5. The van der Waals surface area contributed by atoms with Gasteiger partial charge in [0.1, 0.15) is 23.3 Å². The average Bonchev–Trinajstić information content (AvgIpc) is 2.78. The highest BCUT2D eigenvalue weighted by molar-refractivity contribution is 5.56. The Balaban J connectivity index is 2.12. The van der Waals surface area contributed by atoms with E-state index in [1.54, 1.807) is 10.6 Å². The van der Waals surface area contributed by atoms with Crippen LogP contribution in [0.4, 0.5) is 10.1 Å². The van der Waals surface area contributed by atoms with E-state index in [1.807, 2.05) is 26.2 Å². The smallest absolute Gasteiger partial charge is 0.145 e. The Morgan fingerprint density at radius 2 is 2.20 bits per heavy atom. The first-order valence-electron chi connectivity index (χ1n) is 6.35. The van der Waals surface area contributed by atoms with Gasteiger partial charge in [0.15, 0.2) is 0 Å². The summed E-state index contributed by atoms with van der Waals surface area (Å²) in [5, 5.41) is 12.1. The fourth-order valence-electron chi connectivity index (χ4n) is 1.96. The molecule has 104 valence electrons. The van der Waals surface area contributed by atoms with Crippen LogP contribution in [0.5, 0.6) is 5.75 Å². The lowest BCUT2D eigenvalue weighted by Crippen LogP contribution is -2.02. The van der Waals surface area contributed by atoms with Crippen LogP contribution in [0.2, 0.25) is 0 Å². The summed E-state index contributed by atoms with van der Waals surface area (Å²) in [5.74, 6) is 0.161. The van der Waals surface area contributed by atoms with Gasteiger partial charge in [0.2, 0.25) is 0 Å². The second-order valence-electron chi connectivity index (χ2n) is 4.38. The van der Waals surface area contributed by atoms with Crippen LogP contribution >= 0.6 is 0 Å². The molecule has 0 atom stereocenters. The van der Waals surface area contributed by atoms with Crippen LogP contribution < -0.4 is 10.1 Å². The van der Waals surface area contributed by atoms with Crippen LogP contribution in [0.1, 0.15) is 18.2 Å². The maximum absolute atomic E-state index is 13.2. The molecule has 1 N–H and O–H groups in total. The number of nitrogens with zero attached hydrogens (tertiary/aromatic N) is 2. The Labute approximate surface area is 117 Å². The zero-order valence-corrected chi connectivity index (χ0v) is 11.5. The van der Waals surface area contributed by atoms with E-state index < -0.39 is 0 Å². The molecule has 0 radical (unpaired) electrons.